The summed E-state index contributed by atoms with van der Waals surface area (Å²) >= 11 is 5.41. The van der Waals surface area contributed by atoms with Crippen LogP contribution in [0.5, 0.6) is 5.75 Å². The molecule has 5 heteroatoms. The number of nitrogens with one attached hydrogen (secondary N) is 2. The number of anilines is 1. The van der Waals surface area contributed by atoms with Crippen LogP contribution < -0.4 is 15.4 Å². The Hall–Kier alpha value is -2.58. The third-order valence-corrected chi connectivity index (χ3v) is 3.95. The number of hydrogen-bond donors (Lipinski definition) is 2. The highest BCUT2D eigenvalue weighted by Crippen LogP contribution is 2.20. The monoisotopic (exact) mass is 339 g/mol. The zero-order valence-corrected chi connectivity index (χ0v) is 14.7. The maximum absolute atomic E-state index is 8.70. The lowest BCUT2D eigenvalue weighted by molar-refractivity contribution is 0.414. The van der Waals surface area contributed by atoms with Gasteiger partial charge in [0.1, 0.15) is 5.75 Å². The molecule has 0 spiro atoms. The zero-order valence-electron chi connectivity index (χ0n) is 13.9. The SMILES string of the molecule is CC[C@@H](NC(=S)Nc1ccc(CC#N)cc1)c1ccc(OC)cc1. The molecule has 0 heterocycles. The molecule has 0 amide bonds. The fraction of sp³-hybridized carbons (Fsp3) is 0.263. The van der Waals surface area contributed by atoms with Crippen LogP contribution in [0.25, 0.3) is 0 Å². The number of rotatable bonds is 6. The van der Waals surface area contributed by atoms with E-state index >= 15 is 0 Å². The molecule has 2 N–H and O–H groups in total. The van der Waals surface area contributed by atoms with Gasteiger partial charge in [0.2, 0.25) is 0 Å². The van der Waals surface area contributed by atoms with Crippen LogP contribution in [0.15, 0.2) is 48.5 Å². The van der Waals surface area contributed by atoms with Crippen molar-refractivity contribution >= 4 is 23.0 Å². The average molecular weight is 339 g/mol. The molecule has 0 aliphatic rings. The highest BCUT2D eigenvalue weighted by atomic mass is 32.1. The van der Waals surface area contributed by atoms with Crippen LogP contribution in [0, 0.1) is 11.3 Å². The lowest BCUT2D eigenvalue weighted by Crippen LogP contribution is -2.32. The summed E-state index contributed by atoms with van der Waals surface area (Å²) in [4.78, 5) is 0. The largest absolute Gasteiger partial charge is 0.497 e. The van der Waals surface area contributed by atoms with Gasteiger partial charge in [0.05, 0.1) is 25.6 Å². The van der Waals surface area contributed by atoms with Crippen LogP contribution in [0.4, 0.5) is 5.69 Å². The van der Waals surface area contributed by atoms with Gasteiger partial charge >= 0.3 is 0 Å². The molecule has 0 unspecified atom stereocenters. The first-order chi connectivity index (χ1) is 11.7. The second-order valence-corrected chi connectivity index (χ2v) is 5.77. The number of benzene rings is 2. The Morgan fingerprint density at radius 2 is 1.83 bits per heavy atom. The molecule has 2 aromatic rings. The van der Waals surface area contributed by atoms with E-state index in [1.807, 2.05) is 48.5 Å². The normalized spacial score (nSPS) is 11.2. The zero-order chi connectivity index (χ0) is 17.4. The third kappa shape index (κ3) is 4.97. The van der Waals surface area contributed by atoms with Crippen molar-refractivity contribution in [2.75, 3.05) is 12.4 Å². The molecular formula is C19H21N3OS. The number of hydrogen-bond acceptors (Lipinski definition) is 3. The number of methoxy groups -OCH3 is 1. The summed E-state index contributed by atoms with van der Waals surface area (Å²) in [5.74, 6) is 0.840. The topological polar surface area (TPSA) is 57.1 Å². The highest BCUT2D eigenvalue weighted by molar-refractivity contribution is 7.80. The minimum Gasteiger partial charge on any atom is -0.497 e. The van der Waals surface area contributed by atoms with Gasteiger partial charge in [-0.1, -0.05) is 31.2 Å². The molecule has 0 bridgehead atoms. The summed E-state index contributed by atoms with van der Waals surface area (Å²) in [6, 6.07) is 18.0. The van der Waals surface area contributed by atoms with Crippen molar-refractivity contribution in [2.45, 2.75) is 25.8 Å². The van der Waals surface area contributed by atoms with Gasteiger partial charge < -0.3 is 15.4 Å². The van der Waals surface area contributed by atoms with E-state index in [9.17, 15) is 0 Å². The van der Waals surface area contributed by atoms with Crippen LogP contribution in [0.1, 0.15) is 30.5 Å². The van der Waals surface area contributed by atoms with E-state index in [2.05, 4.69) is 23.6 Å². The summed E-state index contributed by atoms with van der Waals surface area (Å²) in [6.45, 7) is 2.11. The van der Waals surface area contributed by atoms with E-state index in [0.29, 0.717) is 11.5 Å². The van der Waals surface area contributed by atoms with E-state index in [1.165, 1.54) is 0 Å². The molecule has 0 aromatic heterocycles. The number of thiocarbonyl (C=S) groups is 1. The predicted octanol–water partition coefficient (Wildman–Crippen LogP) is 4.20. The van der Waals surface area contributed by atoms with Crippen molar-refractivity contribution in [1.29, 1.82) is 5.26 Å². The molecular weight excluding hydrogens is 318 g/mol. The summed E-state index contributed by atoms with van der Waals surface area (Å²) < 4.78 is 5.19. The molecule has 0 aliphatic carbocycles. The van der Waals surface area contributed by atoms with E-state index in [1.54, 1.807) is 7.11 Å². The van der Waals surface area contributed by atoms with Gasteiger partial charge in [0.25, 0.3) is 0 Å². The van der Waals surface area contributed by atoms with Gasteiger partial charge in [-0.05, 0) is 54.0 Å². The minimum atomic E-state index is 0.133. The van der Waals surface area contributed by atoms with Crippen molar-refractivity contribution in [3.05, 3.63) is 59.7 Å². The Bertz CT molecular complexity index is 705. The lowest BCUT2D eigenvalue weighted by Gasteiger charge is -2.20. The molecule has 0 saturated carbocycles. The van der Waals surface area contributed by atoms with E-state index < -0.39 is 0 Å². The molecule has 4 nitrogen and oxygen atoms in total. The smallest absolute Gasteiger partial charge is 0.171 e. The minimum absolute atomic E-state index is 0.133. The predicted molar refractivity (Wildman–Crippen MR) is 101 cm³/mol. The summed E-state index contributed by atoms with van der Waals surface area (Å²) in [5, 5.41) is 15.8. The van der Waals surface area contributed by atoms with Crippen LogP contribution in [0.2, 0.25) is 0 Å². The van der Waals surface area contributed by atoms with Gasteiger partial charge in [-0.3, -0.25) is 0 Å². The van der Waals surface area contributed by atoms with Crippen molar-refractivity contribution < 1.29 is 4.74 Å². The lowest BCUT2D eigenvalue weighted by atomic mass is 10.0. The Labute approximate surface area is 148 Å². The Balaban J connectivity index is 1.97. The third-order valence-electron chi connectivity index (χ3n) is 3.73. The van der Waals surface area contributed by atoms with Crippen LogP contribution >= 0.6 is 12.2 Å². The van der Waals surface area contributed by atoms with Gasteiger partial charge in [-0.25, -0.2) is 0 Å². The van der Waals surface area contributed by atoms with E-state index in [4.69, 9.17) is 22.2 Å². The van der Waals surface area contributed by atoms with Gasteiger partial charge in [0.15, 0.2) is 5.11 Å². The maximum atomic E-state index is 8.70. The molecule has 0 fully saturated rings. The van der Waals surface area contributed by atoms with Crippen LogP contribution in [0.3, 0.4) is 0 Å². The molecule has 2 rings (SSSR count). The van der Waals surface area contributed by atoms with Gasteiger partial charge in [-0.15, -0.1) is 0 Å². The number of nitrogens with zero attached hydrogens (tertiary/aromatic N) is 1. The summed E-state index contributed by atoms with van der Waals surface area (Å²) in [7, 11) is 1.66. The first-order valence-electron chi connectivity index (χ1n) is 7.83. The van der Waals surface area contributed by atoms with Crippen molar-refractivity contribution in [1.82, 2.24) is 5.32 Å². The Morgan fingerprint density at radius 3 is 2.38 bits per heavy atom. The molecule has 0 saturated heterocycles. The maximum Gasteiger partial charge on any atom is 0.171 e. The second kappa shape index (κ2) is 8.90. The number of ether oxygens (including phenoxy) is 1. The summed E-state index contributed by atoms with van der Waals surface area (Å²) in [5.41, 5.74) is 3.05. The van der Waals surface area contributed by atoms with Crippen LogP contribution in [-0.4, -0.2) is 12.2 Å². The van der Waals surface area contributed by atoms with Crippen molar-refractivity contribution in [2.24, 2.45) is 0 Å². The summed E-state index contributed by atoms with van der Waals surface area (Å²) in [6.07, 6.45) is 1.33. The number of nitriles is 1. The Kier molecular flexibility index (Phi) is 6.59. The van der Waals surface area contributed by atoms with Gasteiger partial charge in [0, 0.05) is 5.69 Å². The molecule has 1 atom stereocenters. The Morgan fingerprint density at radius 1 is 1.17 bits per heavy atom. The quantitative estimate of drug-likeness (QED) is 0.773. The van der Waals surface area contributed by atoms with Crippen molar-refractivity contribution in [3.8, 4) is 11.8 Å². The molecule has 0 radical (unpaired) electrons. The molecule has 124 valence electrons. The van der Waals surface area contributed by atoms with E-state index in [-0.39, 0.29) is 6.04 Å². The second-order valence-electron chi connectivity index (χ2n) is 5.36. The highest BCUT2D eigenvalue weighted by Gasteiger charge is 2.11. The van der Waals surface area contributed by atoms with E-state index in [0.717, 1.165) is 29.0 Å². The standard InChI is InChI=1S/C19H21N3OS/c1-3-18(15-6-10-17(23-2)11-7-15)22-19(24)21-16-8-4-14(5-9-16)12-13-20/h4-11,18H,3,12H2,1-2H3,(H2,21,22,24)/t18-/m1/s1. The van der Waals surface area contributed by atoms with Crippen LogP contribution in [-0.2, 0) is 6.42 Å². The molecule has 0 aliphatic heterocycles. The molecule has 2 aromatic carbocycles. The first-order valence-corrected chi connectivity index (χ1v) is 8.24. The van der Waals surface area contributed by atoms with Crippen molar-refractivity contribution in [3.63, 3.8) is 0 Å². The fourth-order valence-electron chi connectivity index (χ4n) is 2.38. The molecule has 24 heavy (non-hydrogen) atoms. The average Bonchev–Trinajstić information content (AvgIpc) is 2.62. The van der Waals surface area contributed by atoms with Gasteiger partial charge in [-0.2, -0.15) is 5.26 Å². The first kappa shape index (κ1) is 17.8. The fourth-order valence-corrected chi connectivity index (χ4v) is 2.64.